The first-order chi connectivity index (χ1) is 4.81. The summed E-state index contributed by atoms with van der Waals surface area (Å²) in [6.07, 6.45) is 1.79. The quantitative estimate of drug-likeness (QED) is 0.275. The van der Waals surface area contributed by atoms with Gasteiger partial charge in [0.1, 0.15) is 5.84 Å². The van der Waals surface area contributed by atoms with E-state index < -0.39 is 0 Å². The molecule has 0 atom stereocenters. The minimum Gasteiger partial charge on any atom is -0.386 e. The van der Waals surface area contributed by atoms with Gasteiger partial charge < -0.3 is 5.73 Å². The van der Waals surface area contributed by atoms with Crippen molar-refractivity contribution in [3.8, 4) is 0 Å². The van der Waals surface area contributed by atoms with Crippen molar-refractivity contribution in [3.05, 3.63) is 0 Å². The molecule has 0 saturated carbocycles. The van der Waals surface area contributed by atoms with Gasteiger partial charge in [-0.2, -0.15) is 5.11 Å². The Balaban J connectivity index is 3.56. The van der Waals surface area contributed by atoms with Crippen molar-refractivity contribution >= 4 is 5.84 Å². The molecule has 0 aromatic heterocycles. The lowest BCUT2D eigenvalue weighted by molar-refractivity contribution is 0.904. The van der Waals surface area contributed by atoms with Gasteiger partial charge >= 0.3 is 0 Å². The van der Waals surface area contributed by atoms with Crippen LogP contribution in [-0.4, -0.2) is 12.4 Å². The summed E-state index contributed by atoms with van der Waals surface area (Å²) < 4.78 is 0. The first-order valence-corrected chi connectivity index (χ1v) is 3.50. The second kappa shape index (κ2) is 6.19. The molecule has 0 saturated heterocycles. The van der Waals surface area contributed by atoms with Gasteiger partial charge in [-0.1, -0.05) is 6.92 Å². The van der Waals surface area contributed by atoms with Crippen LogP contribution in [0.3, 0.4) is 0 Å². The van der Waals surface area contributed by atoms with Crippen LogP contribution in [0, 0.1) is 0 Å². The summed E-state index contributed by atoms with van der Waals surface area (Å²) in [6.45, 7) is 4.59. The lowest BCUT2D eigenvalue weighted by Crippen LogP contribution is -2.09. The summed E-state index contributed by atoms with van der Waals surface area (Å²) in [7, 11) is 0. The van der Waals surface area contributed by atoms with E-state index in [1.54, 1.807) is 0 Å². The third-order valence-corrected chi connectivity index (χ3v) is 0.884. The maximum Gasteiger partial charge on any atom is 0.124 e. The Hall–Kier alpha value is -0.930. The molecule has 0 radical (unpaired) electrons. The second-order valence-corrected chi connectivity index (χ2v) is 1.89. The van der Waals surface area contributed by atoms with Crippen LogP contribution in [0.25, 0.3) is 0 Å². The summed E-state index contributed by atoms with van der Waals surface area (Å²) in [4.78, 5) is 0. The summed E-state index contributed by atoms with van der Waals surface area (Å²) >= 11 is 0. The number of rotatable bonds is 4. The van der Waals surface area contributed by atoms with Crippen molar-refractivity contribution in [2.24, 2.45) is 21.2 Å². The number of nitrogens with zero attached hydrogens (tertiary/aromatic N) is 3. The molecular weight excluding hydrogens is 128 g/mol. The maximum atomic E-state index is 5.42. The van der Waals surface area contributed by atoms with Gasteiger partial charge in [0.15, 0.2) is 0 Å². The predicted octanol–water partition coefficient (Wildman–Crippen LogP) is 1.53. The highest BCUT2D eigenvalue weighted by Gasteiger charge is 1.85. The maximum absolute atomic E-state index is 5.42. The third kappa shape index (κ3) is 5.21. The number of amidine groups is 1. The SMILES string of the molecule is CCC/C(N)=N/N=NCC. The van der Waals surface area contributed by atoms with Gasteiger partial charge in [-0.25, -0.2) is 0 Å². The van der Waals surface area contributed by atoms with Crippen LogP contribution in [0.4, 0.5) is 0 Å². The first kappa shape index (κ1) is 9.07. The van der Waals surface area contributed by atoms with Gasteiger partial charge in [0.2, 0.25) is 0 Å². The highest BCUT2D eigenvalue weighted by molar-refractivity contribution is 5.79. The molecule has 0 aromatic rings. The van der Waals surface area contributed by atoms with Crippen LogP contribution in [-0.2, 0) is 0 Å². The summed E-state index contributed by atoms with van der Waals surface area (Å²) in [5.74, 6) is 0.555. The average molecular weight is 142 g/mol. The van der Waals surface area contributed by atoms with Gasteiger partial charge in [0.05, 0.1) is 6.54 Å². The fourth-order valence-corrected chi connectivity index (χ4v) is 0.458. The first-order valence-electron chi connectivity index (χ1n) is 3.50. The molecule has 0 aromatic carbocycles. The molecule has 0 aliphatic carbocycles. The van der Waals surface area contributed by atoms with Gasteiger partial charge in [-0.15, -0.1) is 5.10 Å². The standard InChI is InChI=1S/C6H14N4/c1-3-5-6(7)9-10-8-4-2/h3-5H2,1-2H3,(H2,7,8,9). The molecular formula is C6H14N4. The molecule has 0 aliphatic rings. The molecule has 0 bridgehead atoms. The summed E-state index contributed by atoms with van der Waals surface area (Å²) in [5.41, 5.74) is 5.42. The van der Waals surface area contributed by atoms with Gasteiger partial charge in [0.25, 0.3) is 0 Å². The predicted molar refractivity (Wildman–Crippen MR) is 41.9 cm³/mol. The van der Waals surface area contributed by atoms with E-state index in [2.05, 4.69) is 15.4 Å². The van der Waals surface area contributed by atoms with E-state index in [0.29, 0.717) is 12.4 Å². The molecule has 4 nitrogen and oxygen atoms in total. The fourth-order valence-electron chi connectivity index (χ4n) is 0.458. The Kier molecular flexibility index (Phi) is 5.62. The lowest BCUT2D eigenvalue weighted by Gasteiger charge is -1.90. The van der Waals surface area contributed by atoms with E-state index in [1.165, 1.54) is 0 Å². The number of nitrogens with two attached hydrogens (primary N) is 1. The summed E-state index contributed by atoms with van der Waals surface area (Å²) in [6, 6.07) is 0. The van der Waals surface area contributed by atoms with Crippen molar-refractivity contribution in [2.75, 3.05) is 6.54 Å². The molecule has 10 heavy (non-hydrogen) atoms. The zero-order valence-corrected chi connectivity index (χ0v) is 6.54. The zero-order valence-electron chi connectivity index (χ0n) is 6.54. The highest BCUT2D eigenvalue weighted by atomic mass is 15.4. The summed E-state index contributed by atoms with van der Waals surface area (Å²) in [5, 5.41) is 10.8. The molecule has 4 heteroatoms. The van der Waals surface area contributed by atoms with Crippen molar-refractivity contribution in [1.29, 1.82) is 0 Å². The fraction of sp³-hybridized carbons (Fsp3) is 0.833. The van der Waals surface area contributed by atoms with Crippen molar-refractivity contribution in [3.63, 3.8) is 0 Å². The highest BCUT2D eigenvalue weighted by Crippen LogP contribution is 1.87. The molecule has 0 amide bonds. The van der Waals surface area contributed by atoms with Gasteiger partial charge in [-0.3, -0.25) is 0 Å². The Morgan fingerprint density at radius 1 is 1.40 bits per heavy atom. The van der Waals surface area contributed by atoms with Crippen molar-refractivity contribution < 1.29 is 0 Å². The Morgan fingerprint density at radius 2 is 2.10 bits per heavy atom. The minimum atomic E-state index is 0.555. The topological polar surface area (TPSA) is 63.1 Å². The second-order valence-electron chi connectivity index (χ2n) is 1.89. The normalized spacial score (nSPS) is 12.8. The monoisotopic (exact) mass is 142 g/mol. The van der Waals surface area contributed by atoms with E-state index in [-0.39, 0.29) is 0 Å². The van der Waals surface area contributed by atoms with E-state index in [0.717, 1.165) is 12.8 Å². The molecule has 58 valence electrons. The molecule has 0 fully saturated rings. The number of hydrogen-bond donors (Lipinski definition) is 1. The van der Waals surface area contributed by atoms with Crippen LogP contribution in [0.15, 0.2) is 15.4 Å². The van der Waals surface area contributed by atoms with Gasteiger partial charge in [-0.05, 0) is 18.6 Å². The van der Waals surface area contributed by atoms with Crippen LogP contribution in [0.2, 0.25) is 0 Å². The smallest absolute Gasteiger partial charge is 0.124 e. The van der Waals surface area contributed by atoms with Crippen LogP contribution < -0.4 is 5.73 Å². The van der Waals surface area contributed by atoms with Crippen molar-refractivity contribution in [1.82, 2.24) is 0 Å². The van der Waals surface area contributed by atoms with Gasteiger partial charge in [0, 0.05) is 6.42 Å². The molecule has 2 N–H and O–H groups in total. The van der Waals surface area contributed by atoms with E-state index >= 15 is 0 Å². The third-order valence-electron chi connectivity index (χ3n) is 0.884. The van der Waals surface area contributed by atoms with Crippen LogP contribution in [0.1, 0.15) is 26.7 Å². The Morgan fingerprint density at radius 3 is 2.60 bits per heavy atom. The lowest BCUT2D eigenvalue weighted by atomic mass is 10.3. The largest absolute Gasteiger partial charge is 0.386 e. The van der Waals surface area contributed by atoms with E-state index in [1.807, 2.05) is 13.8 Å². The van der Waals surface area contributed by atoms with E-state index in [4.69, 9.17) is 5.73 Å². The van der Waals surface area contributed by atoms with Crippen molar-refractivity contribution in [2.45, 2.75) is 26.7 Å². The number of hydrogen-bond acceptors (Lipinski definition) is 2. The average Bonchev–Trinajstić information content (AvgIpc) is 1.89. The Bertz CT molecular complexity index is 128. The molecule has 0 aliphatic heterocycles. The molecule has 0 heterocycles. The van der Waals surface area contributed by atoms with Crippen LogP contribution >= 0.6 is 0 Å². The van der Waals surface area contributed by atoms with Crippen LogP contribution in [0.5, 0.6) is 0 Å². The van der Waals surface area contributed by atoms with E-state index in [9.17, 15) is 0 Å². The zero-order chi connectivity index (χ0) is 7.82. The minimum absolute atomic E-state index is 0.555. The molecule has 0 unspecified atom stereocenters. The molecule has 0 spiro atoms. The molecule has 0 rings (SSSR count). The Labute approximate surface area is 61.2 Å².